The molecule has 0 atom stereocenters. The van der Waals surface area contributed by atoms with Crippen molar-refractivity contribution in [3.63, 3.8) is 0 Å². The number of amides is 2. The van der Waals surface area contributed by atoms with Crippen LogP contribution in [0, 0.1) is 5.92 Å². The number of hydrogen-bond acceptors (Lipinski definition) is 5. The van der Waals surface area contributed by atoms with E-state index in [1.165, 1.54) is 4.31 Å². The first kappa shape index (κ1) is 21.7. The minimum absolute atomic E-state index is 0.0259. The Labute approximate surface area is 172 Å². The van der Waals surface area contributed by atoms with Crippen LogP contribution in [-0.2, 0) is 19.6 Å². The summed E-state index contributed by atoms with van der Waals surface area (Å²) in [6.45, 7) is 7.45. The van der Waals surface area contributed by atoms with E-state index in [0.717, 1.165) is 12.1 Å². The minimum Gasteiger partial charge on any atom is -0.355 e. The number of carbonyl (C=O) groups excluding carboxylic acids is 2. The van der Waals surface area contributed by atoms with Gasteiger partial charge in [-0.1, -0.05) is 13.8 Å². The van der Waals surface area contributed by atoms with Crippen LogP contribution < -0.4 is 10.2 Å². The van der Waals surface area contributed by atoms with Crippen LogP contribution >= 0.6 is 0 Å². The second-order valence-electron chi connectivity index (χ2n) is 8.02. The summed E-state index contributed by atoms with van der Waals surface area (Å²) in [5.74, 6) is 0.451. The number of piperazine rings is 1. The van der Waals surface area contributed by atoms with Crippen molar-refractivity contribution in [1.29, 1.82) is 0 Å². The van der Waals surface area contributed by atoms with E-state index in [2.05, 4.69) is 5.32 Å². The fourth-order valence-corrected chi connectivity index (χ4v) is 5.00. The first-order valence-electron chi connectivity index (χ1n) is 10.2. The number of carbonyl (C=O) groups is 2. The van der Waals surface area contributed by atoms with Crippen molar-refractivity contribution in [2.24, 2.45) is 5.92 Å². The van der Waals surface area contributed by atoms with E-state index < -0.39 is 10.0 Å². The SMILES string of the molecule is CC(C)CNC(=O)CN1CCN(S(=O)(=O)c2ccc(N3CCCC3=O)cc2)CC1. The van der Waals surface area contributed by atoms with Gasteiger partial charge in [-0.25, -0.2) is 8.42 Å². The Hall–Kier alpha value is -1.97. The highest BCUT2D eigenvalue weighted by Crippen LogP contribution is 2.24. The molecule has 9 heteroatoms. The number of benzene rings is 1. The van der Waals surface area contributed by atoms with Gasteiger partial charge in [-0.3, -0.25) is 14.5 Å². The lowest BCUT2D eigenvalue weighted by atomic mass is 10.2. The molecule has 1 aromatic carbocycles. The number of anilines is 1. The molecule has 3 rings (SSSR count). The first-order chi connectivity index (χ1) is 13.8. The van der Waals surface area contributed by atoms with Crippen molar-refractivity contribution < 1.29 is 18.0 Å². The number of sulfonamides is 1. The molecule has 8 nitrogen and oxygen atoms in total. The molecule has 160 valence electrons. The zero-order valence-electron chi connectivity index (χ0n) is 17.1. The molecule has 1 aromatic rings. The number of rotatable bonds is 7. The molecule has 0 aromatic heterocycles. The summed E-state index contributed by atoms with van der Waals surface area (Å²) in [5, 5.41) is 2.89. The molecule has 2 saturated heterocycles. The minimum atomic E-state index is -3.59. The summed E-state index contributed by atoms with van der Waals surface area (Å²) >= 11 is 0. The zero-order valence-corrected chi connectivity index (χ0v) is 18.0. The van der Waals surface area contributed by atoms with Gasteiger partial charge in [-0.2, -0.15) is 4.31 Å². The zero-order chi connectivity index (χ0) is 21.0. The fraction of sp³-hybridized carbons (Fsp3) is 0.600. The van der Waals surface area contributed by atoms with Gasteiger partial charge in [0.15, 0.2) is 0 Å². The molecule has 0 bridgehead atoms. The van der Waals surface area contributed by atoms with Crippen LogP contribution in [0.4, 0.5) is 5.69 Å². The topological polar surface area (TPSA) is 90.0 Å². The molecule has 2 amide bonds. The Morgan fingerprint density at radius 2 is 1.72 bits per heavy atom. The van der Waals surface area contributed by atoms with Crippen LogP contribution in [0.5, 0.6) is 0 Å². The molecule has 1 N–H and O–H groups in total. The summed E-state index contributed by atoms with van der Waals surface area (Å²) in [5.41, 5.74) is 0.740. The lowest BCUT2D eigenvalue weighted by Crippen LogP contribution is -2.51. The molecule has 2 heterocycles. The van der Waals surface area contributed by atoms with Gasteiger partial charge in [-0.15, -0.1) is 0 Å². The number of hydrogen-bond donors (Lipinski definition) is 1. The van der Waals surface area contributed by atoms with Crippen LogP contribution in [-0.4, -0.2) is 75.3 Å². The third-order valence-corrected chi connectivity index (χ3v) is 7.18. The molecule has 2 aliphatic rings. The van der Waals surface area contributed by atoms with Crippen molar-refractivity contribution in [3.8, 4) is 0 Å². The molecule has 0 unspecified atom stereocenters. The van der Waals surface area contributed by atoms with Crippen molar-refractivity contribution in [1.82, 2.24) is 14.5 Å². The maximum Gasteiger partial charge on any atom is 0.243 e. The molecular formula is C20H30N4O4S. The summed E-state index contributed by atoms with van der Waals surface area (Å²) in [6, 6.07) is 6.54. The van der Waals surface area contributed by atoms with Crippen molar-refractivity contribution in [2.45, 2.75) is 31.6 Å². The van der Waals surface area contributed by atoms with E-state index in [4.69, 9.17) is 0 Å². The molecule has 0 spiro atoms. The van der Waals surface area contributed by atoms with E-state index in [9.17, 15) is 18.0 Å². The van der Waals surface area contributed by atoms with Crippen LogP contribution in [0.1, 0.15) is 26.7 Å². The van der Waals surface area contributed by atoms with Gasteiger partial charge in [0.25, 0.3) is 0 Å². The fourth-order valence-electron chi connectivity index (χ4n) is 3.57. The van der Waals surface area contributed by atoms with Crippen LogP contribution in [0.3, 0.4) is 0 Å². The highest BCUT2D eigenvalue weighted by molar-refractivity contribution is 7.89. The Kier molecular flexibility index (Phi) is 6.92. The van der Waals surface area contributed by atoms with Crippen LogP contribution in [0.2, 0.25) is 0 Å². The lowest BCUT2D eigenvalue weighted by Gasteiger charge is -2.33. The summed E-state index contributed by atoms with van der Waals surface area (Å²) in [6.07, 6.45) is 1.37. The molecule has 29 heavy (non-hydrogen) atoms. The summed E-state index contributed by atoms with van der Waals surface area (Å²) in [4.78, 5) is 27.7. The summed E-state index contributed by atoms with van der Waals surface area (Å²) in [7, 11) is -3.59. The average molecular weight is 423 g/mol. The Morgan fingerprint density at radius 3 is 2.28 bits per heavy atom. The second-order valence-corrected chi connectivity index (χ2v) is 9.96. The molecule has 2 aliphatic heterocycles. The molecule has 0 saturated carbocycles. The highest BCUT2D eigenvalue weighted by Gasteiger charge is 2.29. The highest BCUT2D eigenvalue weighted by atomic mass is 32.2. The van der Waals surface area contributed by atoms with Crippen molar-refractivity contribution >= 4 is 27.5 Å². The van der Waals surface area contributed by atoms with Crippen molar-refractivity contribution in [3.05, 3.63) is 24.3 Å². The molecule has 0 aliphatic carbocycles. The Bertz CT molecular complexity index is 831. The van der Waals surface area contributed by atoms with E-state index in [0.29, 0.717) is 58.2 Å². The van der Waals surface area contributed by atoms with Crippen molar-refractivity contribution in [2.75, 3.05) is 50.7 Å². The van der Waals surface area contributed by atoms with Gasteiger partial charge in [0.05, 0.1) is 11.4 Å². The van der Waals surface area contributed by atoms with Gasteiger partial charge in [0, 0.05) is 51.4 Å². The summed E-state index contributed by atoms with van der Waals surface area (Å²) < 4.78 is 27.3. The smallest absolute Gasteiger partial charge is 0.243 e. The average Bonchev–Trinajstić information content (AvgIpc) is 3.13. The first-order valence-corrected chi connectivity index (χ1v) is 11.6. The maximum absolute atomic E-state index is 12.9. The van der Waals surface area contributed by atoms with E-state index in [-0.39, 0.29) is 16.7 Å². The standard InChI is InChI=1S/C20H30N4O4S/c1-16(2)14-21-19(25)15-22-10-12-23(13-11-22)29(27,28)18-7-5-17(6-8-18)24-9-3-4-20(24)26/h5-8,16H,3-4,9-15H2,1-2H3,(H,21,25). The van der Waals surface area contributed by atoms with Gasteiger partial charge in [-0.05, 0) is 36.6 Å². The van der Waals surface area contributed by atoms with Gasteiger partial charge in [0.2, 0.25) is 21.8 Å². The third-order valence-electron chi connectivity index (χ3n) is 5.27. The predicted octanol–water partition coefficient (Wildman–Crippen LogP) is 0.892. The predicted molar refractivity (Wildman–Crippen MR) is 111 cm³/mol. The van der Waals surface area contributed by atoms with Gasteiger partial charge >= 0.3 is 0 Å². The maximum atomic E-state index is 12.9. The molecular weight excluding hydrogens is 392 g/mol. The van der Waals surface area contributed by atoms with Crippen LogP contribution in [0.25, 0.3) is 0 Å². The quantitative estimate of drug-likeness (QED) is 0.705. The van der Waals surface area contributed by atoms with E-state index in [1.54, 1.807) is 29.2 Å². The van der Waals surface area contributed by atoms with Gasteiger partial charge < -0.3 is 10.2 Å². The largest absolute Gasteiger partial charge is 0.355 e. The molecule has 2 fully saturated rings. The Morgan fingerprint density at radius 1 is 1.07 bits per heavy atom. The third kappa shape index (κ3) is 5.34. The lowest BCUT2D eigenvalue weighted by molar-refractivity contribution is -0.122. The van der Waals surface area contributed by atoms with Gasteiger partial charge in [0.1, 0.15) is 0 Å². The Balaban J connectivity index is 1.55. The van der Waals surface area contributed by atoms with E-state index in [1.807, 2.05) is 18.7 Å². The monoisotopic (exact) mass is 422 g/mol. The normalized spacial score (nSPS) is 19.1. The van der Waals surface area contributed by atoms with E-state index >= 15 is 0 Å². The number of nitrogens with one attached hydrogen (secondary N) is 1. The number of nitrogens with zero attached hydrogens (tertiary/aromatic N) is 3. The second kappa shape index (κ2) is 9.23. The van der Waals surface area contributed by atoms with Crippen LogP contribution in [0.15, 0.2) is 29.2 Å². The molecule has 0 radical (unpaired) electrons.